The van der Waals surface area contributed by atoms with E-state index in [0.717, 1.165) is 30.2 Å². The molecular formula is C20H20N2O7. The number of hydrogen-bond donors (Lipinski definition) is 0. The zero-order valence-electron chi connectivity index (χ0n) is 15.8. The molecule has 1 aromatic carbocycles. The number of nitro groups is 1. The van der Waals surface area contributed by atoms with E-state index in [9.17, 15) is 29.3 Å². The van der Waals surface area contributed by atoms with Crippen LogP contribution < -0.4 is 0 Å². The highest BCUT2D eigenvalue weighted by molar-refractivity contribution is 6.08. The molecule has 0 spiro atoms. The number of imide groups is 1. The van der Waals surface area contributed by atoms with E-state index < -0.39 is 29.3 Å². The fourth-order valence-electron chi connectivity index (χ4n) is 5.05. The summed E-state index contributed by atoms with van der Waals surface area (Å²) in [5, 5.41) is 10.8. The number of likely N-dealkylation sites (tertiary alicyclic amines) is 1. The van der Waals surface area contributed by atoms with Crippen LogP contribution in [0.3, 0.4) is 0 Å². The minimum absolute atomic E-state index is 0.0408. The molecule has 3 aliphatic rings. The third-order valence-corrected chi connectivity index (χ3v) is 6.41. The molecule has 3 fully saturated rings. The summed E-state index contributed by atoms with van der Waals surface area (Å²) in [4.78, 5) is 61.3. The molecule has 9 nitrogen and oxygen atoms in total. The second kappa shape index (κ2) is 7.06. The number of fused-ring (bicyclic) bond motifs is 5. The molecule has 1 heterocycles. The maximum atomic E-state index is 12.8. The quantitative estimate of drug-likeness (QED) is 0.234. The Bertz CT molecular complexity index is 899. The Labute approximate surface area is 166 Å². The Hall–Kier alpha value is -3.10. The molecule has 29 heavy (non-hydrogen) atoms. The predicted molar refractivity (Wildman–Crippen MR) is 97.5 cm³/mol. The molecule has 2 bridgehead atoms. The highest BCUT2D eigenvalue weighted by Gasteiger charge is 2.62. The second-order valence-electron chi connectivity index (χ2n) is 7.95. The number of nitro benzene ring substituents is 1. The number of non-ortho nitro benzene ring substituents is 1. The van der Waals surface area contributed by atoms with Crippen molar-refractivity contribution >= 4 is 29.3 Å². The summed E-state index contributed by atoms with van der Waals surface area (Å²) in [7, 11) is 0. The zero-order valence-corrected chi connectivity index (χ0v) is 15.8. The van der Waals surface area contributed by atoms with Crippen LogP contribution in [-0.2, 0) is 19.1 Å². The molecule has 2 saturated carbocycles. The van der Waals surface area contributed by atoms with Crippen LogP contribution in [0.2, 0.25) is 0 Å². The van der Waals surface area contributed by atoms with Crippen molar-refractivity contribution in [1.82, 2.24) is 4.90 Å². The lowest BCUT2D eigenvalue weighted by Gasteiger charge is -2.22. The average molecular weight is 400 g/mol. The molecule has 0 unspecified atom stereocenters. The van der Waals surface area contributed by atoms with E-state index in [4.69, 9.17) is 4.74 Å². The lowest BCUT2D eigenvalue weighted by molar-refractivity contribution is -0.384. The Kier molecular flexibility index (Phi) is 4.68. The Balaban J connectivity index is 1.39. The lowest BCUT2D eigenvalue weighted by atomic mass is 9.81. The first-order valence-electron chi connectivity index (χ1n) is 9.60. The van der Waals surface area contributed by atoms with E-state index in [1.54, 1.807) is 0 Å². The van der Waals surface area contributed by atoms with Gasteiger partial charge in [-0.05, 0) is 38.0 Å². The highest BCUT2D eigenvalue weighted by atomic mass is 16.6. The van der Waals surface area contributed by atoms with Gasteiger partial charge in [0.2, 0.25) is 17.6 Å². The third kappa shape index (κ3) is 3.10. The van der Waals surface area contributed by atoms with Gasteiger partial charge in [0.1, 0.15) is 6.04 Å². The zero-order chi connectivity index (χ0) is 20.9. The second-order valence-corrected chi connectivity index (χ2v) is 7.95. The molecule has 1 aliphatic heterocycles. The van der Waals surface area contributed by atoms with Crippen molar-refractivity contribution in [2.45, 2.75) is 32.2 Å². The molecule has 2 amide bonds. The smallest absolute Gasteiger partial charge is 0.329 e. The Morgan fingerprint density at radius 3 is 2.41 bits per heavy atom. The summed E-state index contributed by atoms with van der Waals surface area (Å²) in [6.45, 7) is 0.789. The summed E-state index contributed by atoms with van der Waals surface area (Å²) < 4.78 is 5.02. The van der Waals surface area contributed by atoms with E-state index in [-0.39, 0.29) is 46.7 Å². The number of esters is 1. The molecule has 0 radical (unpaired) electrons. The minimum Gasteiger partial charge on any atom is -0.456 e. The van der Waals surface area contributed by atoms with Crippen molar-refractivity contribution in [3.05, 3.63) is 39.9 Å². The average Bonchev–Trinajstić information content (AvgIpc) is 3.39. The van der Waals surface area contributed by atoms with Gasteiger partial charge in [-0.3, -0.25) is 29.4 Å². The molecule has 0 aromatic heterocycles. The minimum atomic E-state index is -1.11. The highest BCUT2D eigenvalue weighted by Crippen LogP contribution is 2.56. The van der Waals surface area contributed by atoms with E-state index >= 15 is 0 Å². The van der Waals surface area contributed by atoms with Gasteiger partial charge < -0.3 is 4.74 Å². The number of rotatable bonds is 6. The van der Waals surface area contributed by atoms with Crippen molar-refractivity contribution in [2.24, 2.45) is 23.7 Å². The lowest BCUT2D eigenvalue weighted by Crippen LogP contribution is -2.45. The van der Waals surface area contributed by atoms with Crippen molar-refractivity contribution in [3.8, 4) is 0 Å². The SMILES string of the molecule is C[C@H](C(=O)OCC(=O)c1cccc([N+](=O)[O-])c1)N1C(=O)[C@@H]2[C@H]3CC[C@@H](C3)[C@@H]2C1=O. The summed E-state index contributed by atoms with van der Waals surface area (Å²) >= 11 is 0. The first kappa shape index (κ1) is 19.2. The van der Waals surface area contributed by atoms with Gasteiger partial charge >= 0.3 is 5.97 Å². The monoisotopic (exact) mass is 400 g/mol. The largest absolute Gasteiger partial charge is 0.456 e. The number of ether oxygens (including phenoxy) is 1. The third-order valence-electron chi connectivity index (χ3n) is 6.41. The van der Waals surface area contributed by atoms with Crippen molar-refractivity contribution in [1.29, 1.82) is 0 Å². The van der Waals surface area contributed by atoms with Gasteiger partial charge in [-0.2, -0.15) is 0 Å². The first-order valence-corrected chi connectivity index (χ1v) is 9.60. The molecule has 0 N–H and O–H groups in total. The van der Waals surface area contributed by atoms with Crippen LogP contribution in [0.5, 0.6) is 0 Å². The fraction of sp³-hybridized carbons (Fsp3) is 0.500. The van der Waals surface area contributed by atoms with Crippen LogP contribution in [0.4, 0.5) is 5.69 Å². The number of benzene rings is 1. The van der Waals surface area contributed by atoms with Crippen molar-refractivity contribution in [3.63, 3.8) is 0 Å². The molecule has 4 rings (SSSR count). The summed E-state index contributed by atoms with van der Waals surface area (Å²) in [6, 6.07) is 3.99. The van der Waals surface area contributed by atoms with Gasteiger partial charge in [0, 0.05) is 17.7 Å². The van der Waals surface area contributed by atoms with Crippen LogP contribution in [-0.4, -0.2) is 46.0 Å². The van der Waals surface area contributed by atoms with Gasteiger partial charge in [-0.25, -0.2) is 4.79 Å². The van der Waals surface area contributed by atoms with Gasteiger partial charge in [-0.1, -0.05) is 12.1 Å². The van der Waals surface area contributed by atoms with E-state index in [1.165, 1.54) is 25.1 Å². The molecule has 9 heteroatoms. The number of nitrogens with zero attached hydrogens (tertiary/aromatic N) is 2. The summed E-state index contributed by atoms with van der Waals surface area (Å²) in [5.74, 6) is -2.33. The molecule has 1 aromatic rings. The van der Waals surface area contributed by atoms with Crippen molar-refractivity contribution in [2.75, 3.05) is 6.61 Å². The van der Waals surface area contributed by atoms with E-state index in [2.05, 4.69) is 0 Å². The van der Waals surface area contributed by atoms with Gasteiger partial charge in [0.05, 0.1) is 16.8 Å². The first-order chi connectivity index (χ1) is 13.8. The Morgan fingerprint density at radius 2 is 1.83 bits per heavy atom. The van der Waals surface area contributed by atoms with Crippen LogP contribution in [0, 0.1) is 33.8 Å². The Morgan fingerprint density at radius 1 is 1.21 bits per heavy atom. The van der Waals surface area contributed by atoms with Gasteiger partial charge in [-0.15, -0.1) is 0 Å². The molecule has 1 saturated heterocycles. The number of carbonyl (C=O) groups excluding carboxylic acids is 4. The maximum Gasteiger partial charge on any atom is 0.329 e. The van der Waals surface area contributed by atoms with Gasteiger partial charge in [0.15, 0.2) is 6.61 Å². The molecular weight excluding hydrogens is 380 g/mol. The summed E-state index contributed by atoms with van der Waals surface area (Å²) in [5.41, 5.74) is -0.205. The summed E-state index contributed by atoms with van der Waals surface area (Å²) in [6.07, 6.45) is 2.78. The van der Waals surface area contributed by atoms with Crippen LogP contribution >= 0.6 is 0 Å². The van der Waals surface area contributed by atoms with Crippen molar-refractivity contribution < 1.29 is 28.8 Å². The topological polar surface area (TPSA) is 124 Å². The number of Topliss-reactive ketones (excluding diaryl/α,β-unsaturated/α-hetero) is 1. The van der Waals surface area contributed by atoms with Gasteiger partial charge in [0.25, 0.3) is 5.69 Å². The van der Waals surface area contributed by atoms with Crippen LogP contribution in [0.25, 0.3) is 0 Å². The number of ketones is 1. The molecule has 5 atom stereocenters. The van der Waals surface area contributed by atoms with E-state index in [1.807, 2.05) is 0 Å². The number of amides is 2. The maximum absolute atomic E-state index is 12.8. The molecule has 2 aliphatic carbocycles. The van der Waals surface area contributed by atoms with Crippen LogP contribution in [0.15, 0.2) is 24.3 Å². The predicted octanol–water partition coefficient (Wildman–Crippen LogP) is 1.74. The standard InChI is InChI=1S/C20H20N2O7/c1-10(21-18(24)16-12-5-6-13(7-12)17(16)19(21)25)20(26)29-9-15(23)11-3-2-4-14(8-11)22(27)28/h2-4,8,10,12-13,16-17H,5-7,9H2,1H3/t10-,12+,13+,16-,17+/m1/s1. The number of hydrogen-bond acceptors (Lipinski definition) is 7. The van der Waals surface area contributed by atoms with Crippen LogP contribution in [0.1, 0.15) is 36.5 Å². The normalized spacial score (nSPS) is 28.4. The fourth-order valence-corrected chi connectivity index (χ4v) is 5.05. The number of carbonyl (C=O) groups is 4. The molecule has 152 valence electrons. The van der Waals surface area contributed by atoms with E-state index in [0.29, 0.717) is 0 Å².